The maximum atomic E-state index is 3.81. The van der Waals surface area contributed by atoms with Crippen LogP contribution in [0.15, 0.2) is 12.3 Å². The molecule has 1 saturated heterocycles. The third-order valence-corrected chi connectivity index (χ3v) is 1.33. The average Bonchev–Trinajstić information content (AvgIpc) is 1.91. The summed E-state index contributed by atoms with van der Waals surface area (Å²) in [6.07, 6.45) is 3.33. The van der Waals surface area contributed by atoms with E-state index in [0.29, 0.717) is 0 Å². The van der Waals surface area contributed by atoms with Crippen LogP contribution < -0.4 is 0 Å². The molecule has 0 spiro atoms. The summed E-state index contributed by atoms with van der Waals surface area (Å²) in [4.78, 5) is 2.15. The van der Waals surface area contributed by atoms with E-state index in [1.54, 1.807) is 0 Å². The van der Waals surface area contributed by atoms with Crippen LogP contribution in [0, 0.1) is 6.42 Å². The van der Waals surface area contributed by atoms with Gasteiger partial charge in [0.05, 0.1) is 0 Å². The molecular formula is C6H10N. The standard InChI is InChI=1S/C6H10N/c1-6-4-3-5-7(6)2/h4H,1,3,5H2,2H3. The van der Waals surface area contributed by atoms with E-state index in [1.165, 1.54) is 12.1 Å². The highest BCUT2D eigenvalue weighted by Gasteiger charge is 2.08. The number of allylic oxidation sites excluding steroid dienone is 1. The molecule has 0 amide bonds. The lowest BCUT2D eigenvalue weighted by Gasteiger charge is -2.08. The molecule has 1 rings (SSSR count). The molecule has 1 aliphatic heterocycles. The quantitative estimate of drug-likeness (QED) is 0.435. The summed E-state index contributed by atoms with van der Waals surface area (Å²) in [5.41, 5.74) is 1.17. The van der Waals surface area contributed by atoms with Crippen molar-refractivity contribution in [2.75, 3.05) is 13.6 Å². The third kappa shape index (κ3) is 0.763. The van der Waals surface area contributed by atoms with Crippen molar-refractivity contribution in [2.45, 2.75) is 6.42 Å². The fourth-order valence-corrected chi connectivity index (χ4v) is 0.724. The van der Waals surface area contributed by atoms with Crippen molar-refractivity contribution in [3.63, 3.8) is 0 Å². The SMILES string of the molecule is C=C1[CH]CCN1C. The van der Waals surface area contributed by atoms with Crippen LogP contribution in [-0.4, -0.2) is 18.5 Å². The van der Waals surface area contributed by atoms with Crippen LogP contribution >= 0.6 is 0 Å². The molecule has 0 bridgehead atoms. The Morgan fingerprint density at radius 1 is 1.86 bits per heavy atom. The highest BCUT2D eigenvalue weighted by Crippen LogP contribution is 2.13. The van der Waals surface area contributed by atoms with Crippen LogP contribution in [-0.2, 0) is 0 Å². The highest BCUT2D eigenvalue weighted by molar-refractivity contribution is 5.11. The molecule has 39 valence electrons. The molecule has 0 saturated carbocycles. The molecule has 0 atom stereocenters. The Hall–Kier alpha value is -0.460. The van der Waals surface area contributed by atoms with E-state index >= 15 is 0 Å². The van der Waals surface area contributed by atoms with Crippen molar-refractivity contribution < 1.29 is 0 Å². The molecule has 0 aromatic carbocycles. The van der Waals surface area contributed by atoms with Gasteiger partial charge in [-0.05, 0) is 6.42 Å². The zero-order valence-electron chi connectivity index (χ0n) is 4.65. The van der Waals surface area contributed by atoms with Gasteiger partial charge in [0.1, 0.15) is 0 Å². The fraction of sp³-hybridized carbons (Fsp3) is 0.500. The Kier molecular flexibility index (Phi) is 1.05. The zero-order valence-corrected chi connectivity index (χ0v) is 4.65. The molecule has 0 aliphatic carbocycles. The zero-order chi connectivity index (χ0) is 5.28. The number of nitrogens with zero attached hydrogens (tertiary/aromatic N) is 1. The summed E-state index contributed by atoms with van der Waals surface area (Å²) < 4.78 is 0. The summed E-state index contributed by atoms with van der Waals surface area (Å²) in [5.74, 6) is 0. The topological polar surface area (TPSA) is 3.24 Å². The van der Waals surface area contributed by atoms with Gasteiger partial charge in [-0.25, -0.2) is 0 Å². The van der Waals surface area contributed by atoms with Gasteiger partial charge in [-0.2, -0.15) is 0 Å². The van der Waals surface area contributed by atoms with Gasteiger partial charge in [-0.3, -0.25) is 0 Å². The van der Waals surface area contributed by atoms with Crippen molar-refractivity contribution >= 4 is 0 Å². The summed E-state index contributed by atoms with van der Waals surface area (Å²) in [6.45, 7) is 4.96. The second kappa shape index (κ2) is 1.57. The first-order valence-electron chi connectivity index (χ1n) is 2.54. The predicted octanol–water partition coefficient (Wildman–Crippen LogP) is 1.04. The largest absolute Gasteiger partial charge is 0.378 e. The maximum absolute atomic E-state index is 3.81. The smallest absolute Gasteiger partial charge is 0.0178 e. The van der Waals surface area contributed by atoms with E-state index in [-0.39, 0.29) is 0 Å². The second-order valence-corrected chi connectivity index (χ2v) is 1.91. The van der Waals surface area contributed by atoms with Crippen molar-refractivity contribution in [3.8, 4) is 0 Å². The Labute approximate surface area is 44.6 Å². The molecule has 1 nitrogen and oxygen atoms in total. The van der Waals surface area contributed by atoms with Gasteiger partial charge >= 0.3 is 0 Å². The minimum atomic E-state index is 1.15. The van der Waals surface area contributed by atoms with Crippen LogP contribution in [0.1, 0.15) is 6.42 Å². The van der Waals surface area contributed by atoms with E-state index in [0.717, 1.165) is 6.54 Å². The minimum absolute atomic E-state index is 1.15. The molecule has 0 unspecified atom stereocenters. The average molecular weight is 96.2 g/mol. The summed E-state index contributed by atoms with van der Waals surface area (Å²) >= 11 is 0. The molecule has 0 aromatic rings. The Morgan fingerprint density at radius 3 is 2.71 bits per heavy atom. The van der Waals surface area contributed by atoms with Crippen molar-refractivity contribution in [3.05, 3.63) is 18.7 Å². The van der Waals surface area contributed by atoms with E-state index in [4.69, 9.17) is 0 Å². The Balaban J connectivity index is 2.48. The lowest BCUT2D eigenvalue weighted by atomic mass is 10.3. The normalized spacial score (nSPS) is 21.3. The number of hydrogen-bond acceptors (Lipinski definition) is 1. The predicted molar refractivity (Wildman–Crippen MR) is 30.7 cm³/mol. The monoisotopic (exact) mass is 96.1 g/mol. The highest BCUT2D eigenvalue weighted by atomic mass is 15.1. The molecule has 1 heterocycles. The summed E-state index contributed by atoms with van der Waals surface area (Å²) in [7, 11) is 2.06. The van der Waals surface area contributed by atoms with E-state index in [9.17, 15) is 0 Å². The minimum Gasteiger partial charge on any atom is -0.378 e. The first-order valence-corrected chi connectivity index (χ1v) is 2.54. The molecule has 0 N–H and O–H groups in total. The van der Waals surface area contributed by atoms with Gasteiger partial charge in [-0.1, -0.05) is 6.58 Å². The van der Waals surface area contributed by atoms with Gasteiger partial charge in [0, 0.05) is 25.7 Å². The van der Waals surface area contributed by atoms with Crippen LogP contribution in [0.3, 0.4) is 0 Å². The van der Waals surface area contributed by atoms with Crippen LogP contribution in [0.5, 0.6) is 0 Å². The van der Waals surface area contributed by atoms with E-state index in [1.807, 2.05) is 0 Å². The lowest BCUT2D eigenvalue weighted by molar-refractivity contribution is 0.484. The lowest BCUT2D eigenvalue weighted by Crippen LogP contribution is -2.08. The Morgan fingerprint density at radius 2 is 2.57 bits per heavy atom. The summed E-state index contributed by atoms with van der Waals surface area (Å²) in [6, 6.07) is 0. The molecule has 1 aliphatic rings. The second-order valence-electron chi connectivity index (χ2n) is 1.91. The number of likely N-dealkylation sites (tertiary alicyclic amines) is 1. The van der Waals surface area contributed by atoms with Crippen LogP contribution in [0.4, 0.5) is 0 Å². The van der Waals surface area contributed by atoms with Gasteiger partial charge in [0.25, 0.3) is 0 Å². The molecule has 1 heteroatoms. The van der Waals surface area contributed by atoms with Crippen molar-refractivity contribution in [2.24, 2.45) is 0 Å². The van der Waals surface area contributed by atoms with E-state index < -0.39 is 0 Å². The first-order chi connectivity index (χ1) is 3.30. The molecular weight excluding hydrogens is 86.1 g/mol. The number of rotatable bonds is 0. The van der Waals surface area contributed by atoms with Gasteiger partial charge in [0.15, 0.2) is 0 Å². The van der Waals surface area contributed by atoms with Gasteiger partial charge in [0.2, 0.25) is 0 Å². The van der Waals surface area contributed by atoms with Crippen LogP contribution in [0.2, 0.25) is 0 Å². The van der Waals surface area contributed by atoms with Crippen molar-refractivity contribution in [1.29, 1.82) is 0 Å². The number of hydrogen-bond donors (Lipinski definition) is 0. The maximum Gasteiger partial charge on any atom is 0.0178 e. The van der Waals surface area contributed by atoms with Crippen molar-refractivity contribution in [1.82, 2.24) is 4.90 Å². The third-order valence-electron chi connectivity index (χ3n) is 1.33. The van der Waals surface area contributed by atoms with Crippen LogP contribution in [0.25, 0.3) is 0 Å². The molecule has 1 fully saturated rings. The van der Waals surface area contributed by atoms with Gasteiger partial charge < -0.3 is 4.90 Å². The summed E-state index contributed by atoms with van der Waals surface area (Å²) in [5, 5.41) is 0. The fourth-order valence-electron chi connectivity index (χ4n) is 0.724. The molecule has 1 radical (unpaired) electrons. The van der Waals surface area contributed by atoms with E-state index in [2.05, 4.69) is 24.9 Å². The van der Waals surface area contributed by atoms with Gasteiger partial charge in [-0.15, -0.1) is 0 Å². The Bertz CT molecular complexity index is 86.2. The molecule has 0 aromatic heterocycles. The first kappa shape index (κ1) is 4.69. The molecule has 7 heavy (non-hydrogen) atoms.